The topological polar surface area (TPSA) is 76.1 Å². The van der Waals surface area contributed by atoms with Crippen LogP contribution in [0.3, 0.4) is 0 Å². The van der Waals surface area contributed by atoms with Gasteiger partial charge in [0.15, 0.2) is 0 Å². The molecule has 1 atom stereocenters. The third-order valence-electron chi connectivity index (χ3n) is 8.11. The van der Waals surface area contributed by atoms with Crippen LogP contribution in [0.1, 0.15) is 65.6 Å². The first-order valence-corrected chi connectivity index (χ1v) is 13.7. The molecule has 0 radical (unpaired) electrons. The minimum Gasteiger partial charge on any atom is -0.381 e. The van der Waals surface area contributed by atoms with Crippen LogP contribution in [0.2, 0.25) is 0 Å². The molecule has 6 nitrogen and oxygen atoms in total. The van der Waals surface area contributed by atoms with Crippen LogP contribution in [-0.4, -0.2) is 28.7 Å². The number of carbonyl (C=O) groups excluding carboxylic acids is 1. The van der Waals surface area contributed by atoms with Crippen LogP contribution >= 0.6 is 0 Å². The number of hydrogen-bond donors (Lipinski definition) is 2. The number of aromatic nitrogens is 2. The van der Waals surface area contributed by atoms with Gasteiger partial charge in [0.1, 0.15) is 0 Å². The maximum Gasteiger partial charge on any atom is 0.254 e. The van der Waals surface area contributed by atoms with Crippen LogP contribution in [0, 0.1) is 19.8 Å². The summed E-state index contributed by atoms with van der Waals surface area (Å²) < 4.78 is 7.98. The summed E-state index contributed by atoms with van der Waals surface area (Å²) >= 11 is 0. The molecule has 198 valence electrons. The van der Waals surface area contributed by atoms with Crippen molar-refractivity contribution >= 4 is 16.8 Å². The molecule has 2 N–H and O–H groups in total. The zero-order chi connectivity index (χ0) is 26.8. The number of amides is 1. The lowest BCUT2D eigenvalue weighted by Crippen LogP contribution is -2.29. The van der Waals surface area contributed by atoms with Crippen molar-refractivity contribution in [1.29, 1.82) is 0 Å². The second kappa shape index (κ2) is 11.0. The van der Waals surface area contributed by atoms with E-state index in [-0.39, 0.29) is 24.1 Å². The molecule has 0 saturated carbocycles. The van der Waals surface area contributed by atoms with E-state index in [1.807, 2.05) is 45.0 Å². The molecule has 0 aliphatic carbocycles. The van der Waals surface area contributed by atoms with Gasteiger partial charge in [0, 0.05) is 53.7 Å². The molecule has 1 aliphatic rings. The number of nitrogens with zero attached hydrogens (tertiary/aromatic N) is 1. The van der Waals surface area contributed by atoms with Crippen molar-refractivity contribution in [3.8, 4) is 11.1 Å². The summed E-state index contributed by atoms with van der Waals surface area (Å²) in [5, 5.41) is 4.01. The molecule has 0 spiro atoms. The number of pyridine rings is 1. The minimum absolute atomic E-state index is 0.137. The summed E-state index contributed by atoms with van der Waals surface area (Å²) in [7, 11) is 0. The Kier molecular flexibility index (Phi) is 7.52. The Morgan fingerprint density at radius 2 is 1.82 bits per heavy atom. The average Bonchev–Trinajstić information content (AvgIpc) is 3.23. The molecule has 5 rings (SSSR count). The van der Waals surface area contributed by atoms with Gasteiger partial charge in [0.25, 0.3) is 11.5 Å². The van der Waals surface area contributed by atoms with E-state index >= 15 is 0 Å². The van der Waals surface area contributed by atoms with Crippen molar-refractivity contribution in [2.75, 3.05) is 13.2 Å². The van der Waals surface area contributed by atoms with Crippen LogP contribution in [-0.2, 0) is 17.7 Å². The van der Waals surface area contributed by atoms with Crippen molar-refractivity contribution < 1.29 is 9.53 Å². The lowest BCUT2D eigenvalue weighted by Gasteiger charge is -2.30. The second-order valence-corrected chi connectivity index (χ2v) is 10.4. The lowest BCUT2D eigenvalue weighted by atomic mass is 9.92. The molecule has 2 aromatic carbocycles. The first-order valence-electron chi connectivity index (χ1n) is 13.7. The number of aryl methyl sites for hydroxylation is 2. The molecule has 1 aliphatic heterocycles. The Balaban J connectivity index is 1.56. The van der Waals surface area contributed by atoms with E-state index in [0.717, 1.165) is 71.5 Å². The van der Waals surface area contributed by atoms with Gasteiger partial charge in [-0.15, -0.1) is 0 Å². The van der Waals surface area contributed by atoms with Crippen molar-refractivity contribution in [2.24, 2.45) is 5.92 Å². The van der Waals surface area contributed by atoms with E-state index in [1.54, 1.807) is 0 Å². The zero-order valence-electron chi connectivity index (χ0n) is 22.8. The van der Waals surface area contributed by atoms with Crippen molar-refractivity contribution in [2.45, 2.75) is 59.5 Å². The Labute approximate surface area is 224 Å². The summed E-state index contributed by atoms with van der Waals surface area (Å²) in [6, 6.07) is 18.9. The van der Waals surface area contributed by atoms with Gasteiger partial charge in [-0.25, -0.2) is 0 Å². The zero-order valence-corrected chi connectivity index (χ0v) is 22.8. The number of benzene rings is 2. The fourth-order valence-corrected chi connectivity index (χ4v) is 6.02. The standard InChI is InChI=1S/C32H37N3O3/c1-5-23-17-20(2)34-31(36)28(23)19-33-32(37)30-22(4)35(21(3)24-13-15-38-16-14-24)29-18-26(11-12-27(29)30)25-9-7-6-8-10-25/h6-12,17-18,21,24H,5,13-16,19H2,1-4H3,(H,33,37)(H,34,36). The van der Waals surface area contributed by atoms with Crippen LogP contribution in [0.4, 0.5) is 0 Å². The maximum atomic E-state index is 13.7. The third kappa shape index (κ3) is 4.93. The summed E-state index contributed by atoms with van der Waals surface area (Å²) in [5.41, 5.74) is 7.25. The predicted molar refractivity (Wildman–Crippen MR) is 153 cm³/mol. The predicted octanol–water partition coefficient (Wildman–Crippen LogP) is 6.09. The molecule has 1 amide bonds. The Morgan fingerprint density at radius 3 is 2.53 bits per heavy atom. The first kappa shape index (κ1) is 26.0. The SMILES string of the molecule is CCc1cc(C)[nH]c(=O)c1CNC(=O)c1c(C)n(C(C)C2CCOCC2)c2cc(-c3ccccc3)ccc12. The number of nitrogens with one attached hydrogen (secondary N) is 2. The third-order valence-corrected chi connectivity index (χ3v) is 8.11. The quantitative estimate of drug-likeness (QED) is 0.315. The number of H-pyrrole nitrogens is 1. The van der Waals surface area contributed by atoms with Gasteiger partial charge in [-0.2, -0.15) is 0 Å². The summed E-state index contributed by atoms with van der Waals surface area (Å²) in [5.74, 6) is 0.326. The molecule has 1 fully saturated rings. The molecule has 6 heteroatoms. The molecule has 38 heavy (non-hydrogen) atoms. The van der Waals surface area contributed by atoms with E-state index in [1.165, 1.54) is 0 Å². The smallest absolute Gasteiger partial charge is 0.254 e. The molecule has 2 aromatic heterocycles. The first-order chi connectivity index (χ1) is 18.4. The van der Waals surface area contributed by atoms with Gasteiger partial charge in [-0.3, -0.25) is 9.59 Å². The van der Waals surface area contributed by atoms with Crippen LogP contribution in [0.5, 0.6) is 0 Å². The second-order valence-electron chi connectivity index (χ2n) is 10.4. The molecule has 1 saturated heterocycles. The molecular formula is C32H37N3O3. The number of hydrogen-bond acceptors (Lipinski definition) is 3. The number of ether oxygens (including phenoxy) is 1. The number of rotatable bonds is 7. The highest BCUT2D eigenvalue weighted by Crippen LogP contribution is 2.37. The highest BCUT2D eigenvalue weighted by molar-refractivity contribution is 6.09. The maximum absolute atomic E-state index is 13.7. The normalized spacial score (nSPS) is 15.1. The average molecular weight is 512 g/mol. The van der Waals surface area contributed by atoms with E-state index in [2.05, 4.69) is 52.1 Å². The Hall–Kier alpha value is -3.64. The number of carbonyl (C=O) groups is 1. The molecule has 0 bridgehead atoms. The fourth-order valence-electron chi connectivity index (χ4n) is 6.02. The largest absolute Gasteiger partial charge is 0.381 e. The van der Waals surface area contributed by atoms with Gasteiger partial charge in [-0.1, -0.05) is 49.4 Å². The van der Waals surface area contributed by atoms with E-state index in [9.17, 15) is 9.59 Å². The van der Waals surface area contributed by atoms with Crippen molar-refractivity contribution in [3.05, 3.63) is 93.0 Å². The summed E-state index contributed by atoms with van der Waals surface area (Å²) in [6.45, 7) is 9.97. The van der Waals surface area contributed by atoms with Gasteiger partial charge in [0.05, 0.1) is 5.56 Å². The Bertz CT molecular complexity index is 1510. The van der Waals surface area contributed by atoms with Gasteiger partial charge in [-0.05, 0) is 74.8 Å². The van der Waals surface area contributed by atoms with Crippen molar-refractivity contribution in [1.82, 2.24) is 14.9 Å². The lowest BCUT2D eigenvalue weighted by molar-refractivity contribution is 0.0517. The van der Waals surface area contributed by atoms with E-state index in [0.29, 0.717) is 17.0 Å². The molecule has 4 aromatic rings. The number of fused-ring (bicyclic) bond motifs is 1. The van der Waals surface area contributed by atoms with Gasteiger partial charge >= 0.3 is 0 Å². The van der Waals surface area contributed by atoms with Crippen LogP contribution < -0.4 is 10.9 Å². The minimum atomic E-state index is -0.153. The van der Waals surface area contributed by atoms with Crippen LogP contribution in [0.15, 0.2) is 59.4 Å². The molecule has 1 unspecified atom stereocenters. The summed E-state index contributed by atoms with van der Waals surface area (Å²) in [4.78, 5) is 29.3. The highest BCUT2D eigenvalue weighted by Gasteiger charge is 2.28. The fraction of sp³-hybridized carbons (Fsp3) is 0.375. The van der Waals surface area contributed by atoms with Gasteiger partial charge in [0.2, 0.25) is 0 Å². The summed E-state index contributed by atoms with van der Waals surface area (Å²) in [6.07, 6.45) is 2.76. The Morgan fingerprint density at radius 1 is 1.08 bits per heavy atom. The monoisotopic (exact) mass is 511 g/mol. The molecule has 3 heterocycles. The highest BCUT2D eigenvalue weighted by atomic mass is 16.5. The van der Waals surface area contributed by atoms with Crippen LogP contribution in [0.25, 0.3) is 22.0 Å². The number of aromatic amines is 1. The van der Waals surface area contributed by atoms with Gasteiger partial charge < -0.3 is 19.6 Å². The van der Waals surface area contributed by atoms with E-state index < -0.39 is 0 Å². The van der Waals surface area contributed by atoms with Crippen molar-refractivity contribution in [3.63, 3.8) is 0 Å². The molecular weight excluding hydrogens is 474 g/mol. The van der Waals surface area contributed by atoms with E-state index in [4.69, 9.17) is 4.74 Å².